The summed E-state index contributed by atoms with van der Waals surface area (Å²) < 4.78 is 26.3. The van der Waals surface area contributed by atoms with Crippen molar-refractivity contribution in [3.8, 4) is 0 Å². The molecule has 0 aromatic heterocycles. The Labute approximate surface area is 96.3 Å². The van der Waals surface area contributed by atoms with Crippen LogP contribution in [0.3, 0.4) is 0 Å². The largest absolute Gasteiger partial charge is 0.452 e. The van der Waals surface area contributed by atoms with E-state index in [4.69, 9.17) is 13.8 Å². The van der Waals surface area contributed by atoms with Crippen molar-refractivity contribution >= 4 is 13.3 Å². The Kier molecular flexibility index (Phi) is 7.30. The van der Waals surface area contributed by atoms with Gasteiger partial charge in [0, 0.05) is 0 Å². The molecule has 0 heterocycles. The molecule has 0 aromatic rings. The van der Waals surface area contributed by atoms with Gasteiger partial charge in [0.25, 0.3) is 0 Å². The van der Waals surface area contributed by atoms with Gasteiger partial charge in [0.1, 0.15) is 6.61 Å². The van der Waals surface area contributed by atoms with E-state index in [-0.39, 0.29) is 19.8 Å². The quantitative estimate of drug-likeness (QED) is 0.512. The Morgan fingerprint density at radius 3 is 2.06 bits per heavy atom. The van der Waals surface area contributed by atoms with Gasteiger partial charge >= 0.3 is 13.3 Å². The molecule has 0 bridgehead atoms. The molecule has 0 amide bonds. The van der Waals surface area contributed by atoms with Crippen molar-refractivity contribution in [3.05, 3.63) is 11.6 Å². The van der Waals surface area contributed by atoms with Crippen LogP contribution < -0.4 is 0 Å². The average Bonchev–Trinajstić information content (AvgIpc) is 2.17. The molecule has 0 N–H and O–H groups in total. The summed E-state index contributed by atoms with van der Waals surface area (Å²) in [6.45, 7) is 7.36. The maximum absolute atomic E-state index is 11.8. The third-order valence-electron chi connectivity index (χ3n) is 1.52. The summed E-state index contributed by atoms with van der Waals surface area (Å²) in [4.78, 5) is 11.5. The molecular formula is C10H19O5P. The minimum absolute atomic E-state index is 0.0747. The predicted octanol–water partition coefficient (Wildman–Crippen LogP) is 3.36. The Morgan fingerprint density at radius 2 is 1.69 bits per heavy atom. The summed E-state index contributed by atoms with van der Waals surface area (Å²) in [6, 6.07) is 0. The zero-order chi connectivity index (χ0) is 12.6. The molecule has 0 unspecified atom stereocenters. The summed E-state index contributed by atoms with van der Waals surface area (Å²) in [5, 5.41) is 0. The van der Waals surface area contributed by atoms with Crippen LogP contribution in [0, 0.1) is 0 Å². The van der Waals surface area contributed by atoms with Crippen LogP contribution in [0.4, 0.5) is 4.79 Å². The highest BCUT2D eigenvalue weighted by Gasteiger charge is 2.36. The fourth-order valence-electron chi connectivity index (χ4n) is 0.841. The third kappa shape index (κ3) is 5.45. The Balaban J connectivity index is 4.39. The fourth-order valence-corrected chi connectivity index (χ4v) is 2.04. The van der Waals surface area contributed by atoms with Gasteiger partial charge in [0.2, 0.25) is 0 Å². The molecule has 94 valence electrons. The molecule has 6 heteroatoms. The highest BCUT2D eigenvalue weighted by atomic mass is 31.2. The zero-order valence-corrected chi connectivity index (χ0v) is 11.1. The molecule has 0 rings (SSSR count). The van der Waals surface area contributed by atoms with Crippen molar-refractivity contribution in [2.75, 3.05) is 19.8 Å². The van der Waals surface area contributed by atoms with Crippen molar-refractivity contribution in [3.63, 3.8) is 0 Å². The molecule has 5 nitrogen and oxygen atoms in total. The molecular weight excluding hydrogens is 231 g/mol. The summed E-state index contributed by atoms with van der Waals surface area (Å²) in [7, 11) is -3.76. The fraction of sp³-hybridized carbons (Fsp3) is 0.700. The molecule has 0 saturated carbocycles. The molecule has 16 heavy (non-hydrogen) atoms. The molecule has 0 atom stereocenters. The van der Waals surface area contributed by atoms with Gasteiger partial charge < -0.3 is 13.8 Å². The van der Waals surface area contributed by atoms with Crippen LogP contribution in [0.15, 0.2) is 11.6 Å². The van der Waals surface area contributed by atoms with Crippen LogP contribution in [0.5, 0.6) is 0 Å². The third-order valence-corrected chi connectivity index (χ3v) is 3.29. The SMILES string of the molecule is CCOP(=O)(OCC)C(=O)OCC=C(C)C. The zero-order valence-electron chi connectivity index (χ0n) is 10.2. The van der Waals surface area contributed by atoms with Crippen molar-refractivity contribution < 1.29 is 23.1 Å². The number of carbonyl (C=O) groups is 1. The van der Waals surface area contributed by atoms with Crippen LogP contribution in [0.1, 0.15) is 27.7 Å². The van der Waals surface area contributed by atoms with E-state index in [9.17, 15) is 9.36 Å². The van der Waals surface area contributed by atoms with E-state index in [2.05, 4.69) is 0 Å². The summed E-state index contributed by atoms with van der Waals surface area (Å²) in [5.74, 6) is 0. The van der Waals surface area contributed by atoms with Crippen molar-refractivity contribution in [1.29, 1.82) is 0 Å². The van der Waals surface area contributed by atoms with E-state index in [1.807, 2.05) is 13.8 Å². The number of rotatable bonds is 7. The van der Waals surface area contributed by atoms with E-state index in [1.165, 1.54) is 0 Å². The molecule has 0 aliphatic heterocycles. The van der Waals surface area contributed by atoms with Crippen LogP contribution >= 0.6 is 7.60 Å². The van der Waals surface area contributed by atoms with E-state index < -0.39 is 13.3 Å². The summed E-state index contributed by atoms with van der Waals surface area (Å²) >= 11 is 0. The Bertz CT molecular complexity index is 284. The predicted molar refractivity (Wildman–Crippen MR) is 61.6 cm³/mol. The lowest BCUT2D eigenvalue weighted by Crippen LogP contribution is -2.09. The van der Waals surface area contributed by atoms with E-state index in [0.29, 0.717) is 0 Å². The minimum atomic E-state index is -3.76. The average molecular weight is 250 g/mol. The van der Waals surface area contributed by atoms with Gasteiger partial charge in [-0.1, -0.05) is 5.57 Å². The van der Waals surface area contributed by atoms with Crippen molar-refractivity contribution in [2.45, 2.75) is 27.7 Å². The first-order valence-electron chi connectivity index (χ1n) is 5.16. The lowest BCUT2D eigenvalue weighted by Gasteiger charge is -2.14. The number of ether oxygens (including phenoxy) is 1. The lowest BCUT2D eigenvalue weighted by molar-refractivity contribution is 0.157. The molecule has 0 saturated heterocycles. The molecule has 0 aliphatic rings. The number of carbonyl (C=O) groups excluding carboxylic acids is 1. The smallest absolute Gasteiger partial charge is 0.438 e. The maximum Gasteiger partial charge on any atom is 0.438 e. The first-order valence-corrected chi connectivity index (χ1v) is 6.70. The highest BCUT2D eigenvalue weighted by molar-refractivity contribution is 7.71. The molecule has 0 radical (unpaired) electrons. The summed E-state index contributed by atoms with van der Waals surface area (Å²) in [5.41, 5.74) is 0.0733. The van der Waals surface area contributed by atoms with Gasteiger partial charge in [-0.3, -0.25) is 0 Å². The molecule has 0 aliphatic carbocycles. The van der Waals surface area contributed by atoms with Crippen LogP contribution in [-0.4, -0.2) is 25.5 Å². The lowest BCUT2D eigenvalue weighted by atomic mass is 10.3. The van der Waals surface area contributed by atoms with Crippen molar-refractivity contribution in [2.24, 2.45) is 0 Å². The van der Waals surface area contributed by atoms with Gasteiger partial charge in [-0.25, -0.2) is 9.36 Å². The topological polar surface area (TPSA) is 61.8 Å². The number of hydrogen-bond donors (Lipinski definition) is 0. The van der Waals surface area contributed by atoms with Gasteiger partial charge in [0.05, 0.1) is 13.2 Å². The minimum Gasteiger partial charge on any atom is -0.452 e. The van der Waals surface area contributed by atoms with E-state index >= 15 is 0 Å². The highest BCUT2D eigenvalue weighted by Crippen LogP contribution is 2.49. The normalized spacial score (nSPS) is 11.0. The summed E-state index contributed by atoms with van der Waals surface area (Å²) in [6.07, 6.45) is 1.71. The second-order valence-corrected chi connectivity index (χ2v) is 5.07. The Hall–Kier alpha value is -0.640. The molecule has 0 fully saturated rings. The van der Waals surface area contributed by atoms with E-state index in [1.54, 1.807) is 19.9 Å². The first-order chi connectivity index (χ1) is 7.46. The van der Waals surface area contributed by atoms with Gasteiger partial charge in [-0.05, 0) is 33.8 Å². The monoisotopic (exact) mass is 250 g/mol. The van der Waals surface area contributed by atoms with E-state index in [0.717, 1.165) is 5.57 Å². The Morgan fingerprint density at radius 1 is 1.19 bits per heavy atom. The first kappa shape index (κ1) is 15.4. The number of hydrogen-bond acceptors (Lipinski definition) is 5. The molecule has 0 aromatic carbocycles. The van der Waals surface area contributed by atoms with Crippen LogP contribution in [-0.2, 0) is 18.3 Å². The standard InChI is InChI=1S/C10H19O5P/c1-5-14-16(12,15-6-2)10(11)13-8-7-9(3)4/h7H,5-6,8H2,1-4H3. The van der Waals surface area contributed by atoms with Crippen LogP contribution in [0.25, 0.3) is 0 Å². The number of allylic oxidation sites excluding steroid dienone is 1. The van der Waals surface area contributed by atoms with Crippen LogP contribution in [0.2, 0.25) is 0 Å². The van der Waals surface area contributed by atoms with Gasteiger partial charge in [-0.2, -0.15) is 0 Å². The maximum atomic E-state index is 11.8. The second kappa shape index (κ2) is 7.60. The van der Waals surface area contributed by atoms with Gasteiger partial charge in [0.15, 0.2) is 0 Å². The van der Waals surface area contributed by atoms with Crippen molar-refractivity contribution in [1.82, 2.24) is 0 Å². The second-order valence-electron chi connectivity index (χ2n) is 3.19. The molecule has 0 spiro atoms. The van der Waals surface area contributed by atoms with Gasteiger partial charge in [-0.15, -0.1) is 0 Å².